The highest BCUT2D eigenvalue weighted by Gasteiger charge is 2.28. The van der Waals surface area contributed by atoms with Gasteiger partial charge in [-0.3, -0.25) is 24.4 Å². The van der Waals surface area contributed by atoms with Crippen LogP contribution in [0.4, 0.5) is 5.69 Å². The zero-order valence-electron chi connectivity index (χ0n) is 16.7. The quantitative estimate of drug-likeness (QED) is 0.158. The molecule has 0 spiro atoms. The molecule has 1 aromatic carbocycles. The Morgan fingerprint density at radius 3 is 1.86 bits per heavy atom. The number of benzene rings is 1. The Morgan fingerprint density at radius 1 is 0.862 bits per heavy atom. The number of unbranched alkanes of at least 4 members (excludes halogenated alkanes) is 3. The van der Waals surface area contributed by atoms with E-state index in [1.54, 1.807) is 29.7 Å². The predicted molar refractivity (Wildman–Crippen MR) is 104 cm³/mol. The molecule has 0 aromatic heterocycles. The largest absolute Gasteiger partial charge is 0.468 e. The summed E-state index contributed by atoms with van der Waals surface area (Å²) >= 11 is 0. The zero-order chi connectivity index (χ0) is 21.6. The molecule has 0 atom stereocenters. The minimum absolute atomic E-state index is 0.118. The van der Waals surface area contributed by atoms with E-state index in [4.69, 9.17) is 5.21 Å². The van der Waals surface area contributed by atoms with Crippen LogP contribution < -0.4 is 10.8 Å². The van der Waals surface area contributed by atoms with Crippen molar-refractivity contribution < 1.29 is 33.9 Å². The second kappa shape index (κ2) is 13.3. The Hall–Kier alpha value is -2.94. The first-order valence-corrected chi connectivity index (χ1v) is 9.38. The molecule has 0 radical (unpaired) electrons. The van der Waals surface area contributed by atoms with Crippen LogP contribution in [0.1, 0.15) is 44.1 Å². The highest BCUT2D eigenvalue weighted by Crippen LogP contribution is 2.16. The fraction of sp³-hybridized carbons (Fsp3) is 0.500. The number of esters is 2. The van der Waals surface area contributed by atoms with E-state index >= 15 is 0 Å². The molecule has 2 amide bonds. The molecule has 0 unspecified atom stereocenters. The summed E-state index contributed by atoms with van der Waals surface area (Å²) in [6.07, 6.45) is 3.74. The minimum atomic E-state index is -1.03. The van der Waals surface area contributed by atoms with Crippen molar-refractivity contribution in [2.75, 3.05) is 19.5 Å². The first-order chi connectivity index (χ1) is 13.9. The maximum Gasteiger partial charge on any atom is 0.320 e. The lowest BCUT2D eigenvalue weighted by Gasteiger charge is -2.13. The highest BCUT2D eigenvalue weighted by molar-refractivity contribution is 5.95. The van der Waals surface area contributed by atoms with Crippen LogP contribution >= 0.6 is 0 Å². The molecule has 9 heteroatoms. The third-order valence-corrected chi connectivity index (χ3v) is 4.33. The molecule has 0 bridgehead atoms. The molecule has 3 N–H and O–H groups in total. The number of hydroxylamine groups is 1. The van der Waals surface area contributed by atoms with Crippen LogP contribution in [0.5, 0.6) is 0 Å². The van der Waals surface area contributed by atoms with Gasteiger partial charge in [0, 0.05) is 18.5 Å². The second-order valence-electron chi connectivity index (χ2n) is 6.50. The Kier molecular flexibility index (Phi) is 11.0. The number of nitrogens with one attached hydrogen (secondary N) is 2. The van der Waals surface area contributed by atoms with Gasteiger partial charge < -0.3 is 14.8 Å². The van der Waals surface area contributed by atoms with Crippen LogP contribution in [-0.2, 0) is 35.1 Å². The summed E-state index contributed by atoms with van der Waals surface area (Å²) in [5, 5.41) is 11.2. The molecule has 0 aliphatic rings. The van der Waals surface area contributed by atoms with Gasteiger partial charge in [-0.2, -0.15) is 0 Å². The van der Waals surface area contributed by atoms with Gasteiger partial charge in [-0.1, -0.05) is 25.0 Å². The van der Waals surface area contributed by atoms with Gasteiger partial charge in [0.1, 0.15) is 0 Å². The summed E-state index contributed by atoms with van der Waals surface area (Å²) in [4.78, 5) is 46.3. The van der Waals surface area contributed by atoms with Gasteiger partial charge in [-0.25, -0.2) is 5.48 Å². The molecule has 29 heavy (non-hydrogen) atoms. The van der Waals surface area contributed by atoms with Crippen molar-refractivity contribution in [2.45, 2.75) is 44.9 Å². The number of rotatable bonds is 12. The van der Waals surface area contributed by atoms with Crippen molar-refractivity contribution in [3.63, 3.8) is 0 Å². The number of methoxy groups -OCH3 is 2. The van der Waals surface area contributed by atoms with Gasteiger partial charge in [0.15, 0.2) is 5.92 Å². The van der Waals surface area contributed by atoms with Gasteiger partial charge in [0.25, 0.3) is 0 Å². The van der Waals surface area contributed by atoms with E-state index in [1.165, 1.54) is 14.2 Å². The summed E-state index contributed by atoms with van der Waals surface area (Å²) in [6, 6.07) is 6.85. The number of anilines is 1. The summed E-state index contributed by atoms with van der Waals surface area (Å²) in [5.74, 6) is -2.88. The molecule has 9 nitrogen and oxygen atoms in total. The van der Waals surface area contributed by atoms with Crippen LogP contribution in [0.2, 0.25) is 0 Å². The van der Waals surface area contributed by atoms with Crippen molar-refractivity contribution in [1.29, 1.82) is 0 Å². The summed E-state index contributed by atoms with van der Waals surface area (Å²) in [6.45, 7) is 0. The van der Waals surface area contributed by atoms with Crippen LogP contribution in [-0.4, -0.2) is 43.2 Å². The summed E-state index contributed by atoms with van der Waals surface area (Å²) in [7, 11) is 2.42. The second-order valence-corrected chi connectivity index (χ2v) is 6.50. The van der Waals surface area contributed by atoms with Crippen LogP contribution in [0.15, 0.2) is 24.3 Å². The number of amides is 2. The average molecular weight is 408 g/mol. The molecule has 0 saturated carbocycles. The molecule has 160 valence electrons. The Balaban J connectivity index is 2.41. The van der Waals surface area contributed by atoms with E-state index in [0.29, 0.717) is 24.9 Å². The average Bonchev–Trinajstić information content (AvgIpc) is 2.74. The maximum atomic E-state index is 12.0. The SMILES string of the molecule is COC(=O)C(Cc1ccc(NC(=O)CCCCCCC(=O)NO)cc1)C(=O)OC. The van der Waals surface area contributed by atoms with Crippen molar-refractivity contribution in [3.05, 3.63) is 29.8 Å². The monoisotopic (exact) mass is 408 g/mol. The summed E-state index contributed by atoms with van der Waals surface area (Å²) < 4.78 is 9.27. The zero-order valence-corrected chi connectivity index (χ0v) is 16.7. The highest BCUT2D eigenvalue weighted by atomic mass is 16.5. The molecule has 0 saturated heterocycles. The predicted octanol–water partition coefficient (Wildman–Crippen LogP) is 1.98. The molecule has 1 aromatic rings. The molecule has 0 aliphatic carbocycles. The van der Waals surface area contributed by atoms with Crippen molar-refractivity contribution in [2.24, 2.45) is 5.92 Å². The van der Waals surface area contributed by atoms with Gasteiger partial charge in [-0.15, -0.1) is 0 Å². The lowest BCUT2D eigenvalue weighted by molar-refractivity contribution is -0.158. The van der Waals surface area contributed by atoms with Crippen molar-refractivity contribution >= 4 is 29.4 Å². The van der Waals surface area contributed by atoms with E-state index in [1.807, 2.05) is 0 Å². The van der Waals surface area contributed by atoms with Crippen LogP contribution in [0, 0.1) is 5.92 Å². The Labute approximate surface area is 169 Å². The molecular formula is C20H28N2O7. The third kappa shape index (κ3) is 9.20. The van der Waals surface area contributed by atoms with E-state index in [2.05, 4.69) is 14.8 Å². The number of ether oxygens (including phenoxy) is 2. The number of hydrogen-bond acceptors (Lipinski definition) is 7. The molecule has 0 fully saturated rings. The first kappa shape index (κ1) is 24.1. The molecule has 1 rings (SSSR count). The van der Waals surface area contributed by atoms with Gasteiger partial charge in [0.2, 0.25) is 11.8 Å². The number of hydrogen-bond donors (Lipinski definition) is 3. The Morgan fingerprint density at radius 2 is 1.38 bits per heavy atom. The Bertz CT molecular complexity index is 673. The van der Waals surface area contributed by atoms with Gasteiger partial charge in [-0.05, 0) is 37.0 Å². The summed E-state index contributed by atoms with van der Waals surface area (Å²) in [5.41, 5.74) is 2.93. The van der Waals surface area contributed by atoms with E-state index < -0.39 is 23.8 Å². The smallest absolute Gasteiger partial charge is 0.320 e. The van der Waals surface area contributed by atoms with E-state index in [0.717, 1.165) is 18.4 Å². The van der Waals surface area contributed by atoms with Crippen molar-refractivity contribution in [1.82, 2.24) is 5.48 Å². The number of carbonyl (C=O) groups is 4. The van der Waals surface area contributed by atoms with Crippen LogP contribution in [0.25, 0.3) is 0 Å². The van der Waals surface area contributed by atoms with Gasteiger partial charge in [0.05, 0.1) is 14.2 Å². The third-order valence-electron chi connectivity index (χ3n) is 4.33. The van der Waals surface area contributed by atoms with Crippen molar-refractivity contribution in [3.8, 4) is 0 Å². The lowest BCUT2D eigenvalue weighted by Crippen LogP contribution is -2.28. The van der Waals surface area contributed by atoms with Crippen LogP contribution in [0.3, 0.4) is 0 Å². The molecule has 0 heterocycles. The fourth-order valence-electron chi connectivity index (χ4n) is 2.71. The molecular weight excluding hydrogens is 380 g/mol. The lowest BCUT2D eigenvalue weighted by atomic mass is 9.99. The topological polar surface area (TPSA) is 131 Å². The van der Waals surface area contributed by atoms with E-state index in [9.17, 15) is 19.2 Å². The first-order valence-electron chi connectivity index (χ1n) is 9.38. The normalized spacial score (nSPS) is 10.3. The minimum Gasteiger partial charge on any atom is -0.468 e. The standard InChI is InChI=1S/C20H28N2O7/c1-28-19(25)16(20(26)29-2)13-14-9-11-15(12-10-14)21-17(23)7-5-3-4-6-8-18(24)22-27/h9-12,16,27H,3-8,13H2,1-2H3,(H,21,23)(H,22,24). The molecule has 0 aliphatic heterocycles. The fourth-order valence-corrected chi connectivity index (χ4v) is 2.71. The maximum absolute atomic E-state index is 12.0. The van der Waals surface area contributed by atoms with E-state index in [-0.39, 0.29) is 18.7 Å². The van der Waals surface area contributed by atoms with Gasteiger partial charge >= 0.3 is 11.9 Å². The number of carbonyl (C=O) groups excluding carboxylic acids is 4.